The topological polar surface area (TPSA) is 97.5 Å². The highest BCUT2D eigenvalue weighted by Gasteiger charge is 2.21. The van der Waals surface area contributed by atoms with E-state index in [1.165, 1.54) is 0 Å². The number of furan rings is 1. The number of rotatable bonds is 6. The molecule has 0 radical (unpaired) electrons. The number of carbonyl (C=O) groups excluding carboxylic acids is 1. The molecule has 2 aromatic carbocycles. The van der Waals surface area contributed by atoms with Crippen LogP contribution in [0.1, 0.15) is 33.6 Å². The Morgan fingerprint density at radius 3 is 2.63 bits per heavy atom. The predicted molar refractivity (Wildman–Crippen MR) is 136 cm³/mol. The maximum Gasteiger partial charge on any atom is 0.340 e. The van der Waals surface area contributed by atoms with Crippen LogP contribution in [0.4, 0.5) is 0 Å². The number of aromatic nitrogens is 1. The van der Waals surface area contributed by atoms with Crippen molar-refractivity contribution in [2.24, 2.45) is 0 Å². The molecule has 5 aromatic rings. The van der Waals surface area contributed by atoms with Gasteiger partial charge in [-0.15, -0.1) is 0 Å². The van der Waals surface area contributed by atoms with Gasteiger partial charge in [0.15, 0.2) is 0 Å². The van der Waals surface area contributed by atoms with Crippen LogP contribution in [0.3, 0.4) is 0 Å². The van der Waals surface area contributed by atoms with Crippen LogP contribution >= 0.6 is 0 Å². The van der Waals surface area contributed by atoms with Gasteiger partial charge in [0.25, 0.3) is 0 Å². The van der Waals surface area contributed by atoms with Crippen molar-refractivity contribution < 1.29 is 18.4 Å². The Morgan fingerprint density at radius 2 is 1.86 bits per heavy atom. The number of hydrogen-bond acceptors (Lipinski definition) is 5. The number of nitrogens with one attached hydrogen (secondary N) is 2. The molecule has 1 amide bonds. The first-order chi connectivity index (χ1) is 16.8. The molecule has 0 fully saturated rings. The Labute approximate surface area is 202 Å². The largest absolute Gasteiger partial charge is 0.497 e. The molecular weight excluding hydrogens is 444 g/mol. The van der Waals surface area contributed by atoms with E-state index in [1.54, 1.807) is 7.11 Å². The van der Waals surface area contributed by atoms with Crippen LogP contribution in [0.15, 0.2) is 44.1 Å². The first-order valence-electron chi connectivity index (χ1n) is 11.6. The number of aromatic amines is 1. The summed E-state index contributed by atoms with van der Waals surface area (Å²) in [6, 6.07) is 7.72. The number of benzene rings is 2. The van der Waals surface area contributed by atoms with Gasteiger partial charge in [0, 0.05) is 29.0 Å². The molecule has 0 spiro atoms. The summed E-state index contributed by atoms with van der Waals surface area (Å²) in [5.41, 5.74) is 5.91. The molecule has 0 saturated carbocycles. The second-order valence-electron chi connectivity index (χ2n) is 9.05. The minimum atomic E-state index is -0.493. The third kappa shape index (κ3) is 3.87. The van der Waals surface area contributed by atoms with Gasteiger partial charge in [0.1, 0.15) is 22.7 Å². The number of hydrogen-bond donors (Lipinski definition) is 2. The van der Waals surface area contributed by atoms with Gasteiger partial charge in [0.2, 0.25) is 5.91 Å². The monoisotopic (exact) mass is 472 g/mol. The second kappa shape index (κ2) is 8.65. The second-order valence-corrected chi connectivity index (χ2v) is 9.05. The lowest BCUT2D eigenvalue weighted by atomic mass is 9.98. The lowest BCUT2D eigenvalue weighted by molar-refractivity contribution is -0.120. The highest BCUT2D eigenvalue weighted by atomic mass is 16.5. The van der Waals surface area contributed by atoms with Gasteiger partial charge in [-0.1, -0.05) is 0 Å². The Hall–Kier alpha value is -4.00. The van der Waals surface area contributed by atoms with E-state index in [9.17, 15) is 9.59 Å². The van der Waals surface area contributed by atoms with Crippen LogP contribution < -0.4 is 15.7 Å². The minimum absolute atomic E-state index is 0.0557. The van der Waals surface area contributed by atoms with E-state index in [1.807, 2.05) is 58.2 Å². The van der Waals surface area contributed by atoms with Crippen molar-refractivity contribution in [3.05, 3.63) is 74.5 Å². The lowest BCUT2D eigenvalue weighted by Crippen LogP contribution is -2.29. The first kappa shape index (κ1) is 22.8. The Balaban J connectivity index is 1.38. The minimum Gasteiger partial charge on any atom is -0.497 e. The fraction of sp³-hybridized carbons (Fsp3) is 0.286. The molecule has 0 aliphatic heterocycles. The van der Waals surface area contributed by atoms with Crippen molar-refractivity contribution in [1.29, 1.82) is 0 Å². The zero-order valence-corrected chi connectivity index (χ0v) is 20.5. The molecule has 0 aliphatic carbocycles. The predicted octanol–water partition coefficient (Wildman–Crippen LogP) is 5.16. The van der Waals surface area contributed by atoms with Gasteiger partial charge in [-0.3, -0.25) is 4.79 Å². The average molecular weight is 473 g/mol. The summed E-state index contributed by atoms with van der Waals surface area (Å²) in [6.07, 6.45) is 2.54. The van der Waals surface area contributed by atoms with Crippen molar-refractivity contribution in [2.45, 2.75) is 40.5 Å². The van der Waals surface area contributed by atoms with Gasteiger partial charge < -0.3 is 23.9 Å². The Morgan fingerprint density at radius 1 is 1.06 bits per heavy atom. The Bertz CT molecular complexity index is 1670. The lowest BCUT2D eigenvalue weighted by Gasteiger charge is -2.10. The van der Waals surface area contributed by atoms with Gasteiger partial charge in [-0.05, 0) is 80.6 Å². The number of methoxy groups -OCH3 is 1. The molecule has 2 N–H and O–H groups in total. The SMILES string of the molecule is COc1ccc2[nH]cc(CCNC(=O)Cc3c(C)c4c(cc(C)c5c(C)c(C)oc54)oc3=O)c2c1. The molecule has 7 heteroatoms. The summed E-state index contributed by atoms with van der Waals surface area (Å²) in [6.45, 7) is 8.22. The number of fused-ring (bicyclic) bond motifs is 4. The van der Waals surface area contributed by atoms with Crippen LogP contribution in [0, 0.1) is 27.7 Å². The average Bonchev–Trinajstić information content (AvgIpc) is 3.36. The van der Waals surface area contributed by atoms with E-state index in [0.29, 0.717) is 35.3 Å². The van der Waals surface area contributed by atoms with Crippen LogP contribution in [0.5, 0.6) is 5.75 Å². The van der Waals surface area contributed by atoms with E-state index >= 15 is 0 Å². The molecule has 0 unspecified atom stereocenters. The van der Waals surface area contributed by atoms with Crippen LogP contribution in [0.2, 0.25) is 0 Å². The number of carbonyl (C=O) groups is 1. The maximum absolute atomic E-state index is 12.8. The van der Waals surface area contributed by atoms with E-state index in [-0.39, 0.29) is 12.3 Å². The summed E-state index contributed by atoms with van der Waals surface area (Å²) in [4.78, 5) is 28.8. The van der Waals surface area contributed by atoms with Gasteiger partial charge in [-0.2, -0.15) is 0 Å². The van der Waals surface area contributed by atoms with E-state index in [4.69, 9.17) is 13.6 Å². The molecular formula is C28H28N2O5. The van der Waals surface area contributed by atoms with E-state index in [0.717, 1.165) is 49.9 Å². The first-order valence-corrected chi connectivity index (χ1v) is 11.6. The molecule has 35 heavy (non-hydrogen) atoms. The van der Waals surface area contributed by atoms with Gasteiger partial charge in [-0.25, -0.2) is 4.79 Å². The molecule has 3 aromatic heterocycles. The van der Waals surface area contributed by atoms with Crippen LogP contribution in [-0.2, 0) is 17.6 Å². The molecule has 0 atom stereocenters. The summed E-state index contributed by atoms with van der Waals surface area (Å²) in [5, 5.41) is 5.77. The van der Waals surface area contributed by atoms with Crippen molar-refractivity contribution in [3.8, 4) is 5.75 Å². The maximum atomic E-state index is 12.8. The van der Waals surface area contributed by atoms with E-state index < -0.39 is 5.63 Å². The fourth-order valence-electron chi connectivity index (χ4n) is 4.89. The highest BCUT2D eigenvalue weighted by Crippen LogP contribution is 2.36. The standard InChI is InChI=1S/C28H28N2O5/c1-14-10-23-26(27-25(14)15(2)17(4)34-27)16(3)20(28(32)35-23)12-24(31)29-9-8-18-13-30-22-7-6-19(33-5)11-21(18)22/h6-7,10-11,13,30H,8-9,12H2,1-5H3,(H,29,31). The Kier molecular flexibility index (Phi) is 5.63. The molecule has 3 heterocycles. The smallest absolute Gasteiger partial charge is 0.340 e. The summed E-state index contributed by atoms with van der Waals surface area (Å²) < 4.78 is 17.0. The van der Waals surface area contributed by atoms with E-state index in [2.05, 4.69) is 10.3 Å². The molecule has 180 valence electrons. The van der Waals surface area contributed by atoms with Crippen molar-refractivity contribution in [2.75, 3.05) is 13.7 Å². The third-order valence-electron chi connectivity index (χ3n) is 6.91. The third-order valence-corrected chi connectivity index (χ3v) is 6.91. The van der Waals surface area contributed by atoms with Crippen molar-refractivity contribution in [1.82, 2.24) is 10.3 Å². The fourth-order valence-corrected chi connectivity index (χ4v) is 4.89. The number of ether oxygens (including phenoxy) is 1. The summed E-state index contributed by atoms with van der Waals surface area (Å²) in [7, 11) is 1.64. The number of amides is 1. The van der Waals surface area contributed by atoms with Crippen LogP contribution in [-0.4, -0.2) is 24.5 Å². The van der Waals surface area contributed by atoms with Crippen molar-refractivity contribution in [3.63, 3.8) is 0 Å². The zero-order valence-electron chi connectivity index (χ0n) is 20.5. The van der Waals surface area contributed by atoms with Crippen LogP contribution in [0.25, 0.3) is 32.8 Å². The molecule has 0 aliphatic rings. The highest BCUT2D eigenvalue weighted by molar-refractivity contribution is 6.07. The molecule has 5 rings (SSSR count). The van der Waals surface area contributed by atoms with Gasteiger partial charge >= 0.3 is 5.63 Å². The number of aryl methyl sites for hydroxylation is 4. The molecule has 0 saturated heterocycles. The van der Waals surface area contributed by atoms with Gasteiger partial charge in [0.05, 0.1) is 24.5 Å². The zero-order chi connectivity index (χ0) is 24.9. The van der Waals surface area contributed by atoms with Crippen molar-refractivity contribution >= 4 is 38.7 Å². The summed E-state index contributed by atoms with van der Waals surface area (Å²) in [5.74, 6) is 1.38. The normalized spacial score (nSPS) is 11.6. The molecule has 0 bridgehead atoms. The quantitative estimate of drug-likeness (QED) is 0.333. The number of H-pyrrole nitrogens is 1. The summed E-state index contributed by atoms with van der Waals surface area (Å²) >= 11 is 0. The molecule has 7 nitrogen and oxygen atoms in total.